The van der Waals surface area contributed by atoms with E-state index in [2.05, 4.69) is 0 Å². The zero-order chi connectivity index (χ0) is 12.3. The van der Waals surface area contributed by atoms with Crippen molar-refractivity contribution in [1.82, 2.24) is 0 Å². The number of rotatable bonds is 3. The van der Waals surface area contributed by atoms with E-state index in [1.165, 1.54) is 0 Å². The molecule has 86 valence electrons. The van der Waals surface area contributed by atoms with E-state index in [9.17, 15) is 4.79 Å². The molecule has 0 heterocycles. The van der Waals surface area contributed by atoms with E-state index >= 15 is 0 Å². The summed E-state index contributed by atoms with van der Waals surface area (Å²) in [5.41, 5.74) is 8.93. The summed E-state index contributed by atoms with van der Waals surface area (Å²) in [7, 11) is 0. The standard InChI is InChI=1S/C15H15NO/c1-2-12-13(9-6-10-14(12)16)15(17)11-7-4-3-5-8-11/h3-10H,2,16H2,1H3. The first-order valence-corrected chi connectivity index (χ1v) is 5.71. The first-order chi connectivity index (χ1) is 8.24. The highest BCUT2D eigenvalue weighted by atomic mass is 16.1. The molecule has 2 rings (SSSR count). The molecule has 2 N–H and O–H groups in total. The minimum Gasteiger partial charge on any atom is -0.398 e. The molecule has 2 aromatic carbocycles. The molecule has 0 unspecified atom stereocenters. The van der Waals surface area contributed by atoms with Gasteiger partial charge in [-0.25, -0.2) is 0 Å². The first kappa shape index (κ1) is 11.4. The van der Waals surface area contributed by atoms with Gasteiger partial charge in [0.15, 0.2) is 5.78 Å². The van der Waals surface area contributed by atoms with E-state index in [-0.39, 0.29) is 5.78 Å². The van der Waals surface area contributed by atoms with Crippen molar-refractivity contribution in [3.05, 3.63) is 65.2 Å². The largest absolute Gasteiger partial charge is 0.398 e. The second kappa shape index (κ2) is 4.83. The molecule has 0 saturated heterocycles. The van der Waals surface area contributed by atoms with Gasteiger partial charge in [0.1, 0.15) is 0 Å². The van der Waals surface area contributed by atoms with Gasteiger partial charge in [-0.15, -0.1) is 0 Å². The van der Waals surface area contributed by atoms with Crippen molar-refractivity contribution in [3.63, 3.8) is 0 Å². The van der Waals surface area contributed by atoms with E-state index in [4.69, 9.17) is 5.73 Å². The second-order valence-corrected chi connectivity index (χ2v) is 3.92. The van der Waals surface area contributed by atoms with Crippen molar-refractivity contribution in [2.75, 3.05) is 5.73 Å². The molecule has 2 heteroatoms. The van der Waals surface area contributed by atoms with Crippen molar-refractivity contribution >= 4 is 11.5 Å². The summed E-state index contributed by atoms with van der Waals surface area (Å²) in [5.74, 6) is 0.0368. The third kappa shape index (κ3) is 2.21. The fraction of sp³-hybridized carbons (Fsp3) is 0.133. The predicted octanol–water partition coefficient (Wildman–Crippen LogP) is 3.06. The molecule has 0 aliphatic carbocycles. The second-order valence-electron chi connectivity index (χ2n) is 3.92. The summed E-state index contributed by atoms with van der Waals surface area (Å²) in [6, 6.07) is 14.8. The fourth-order valence-electron chi connectivity index (χ4n) is 1.96. The molecule has 0 atom stereocenters. The zero-order valence-corrected chi connectivity index (χ0v) is 9.81. The number of benzene rings is 2. The number of ketones is 1. The molecule has 0 saturated carbocycles. The van der Waals surface area contributed by atoms with Crippen LogP contribution >= 0.6 is 0 Å². The van der Waals surface area contributed by atoms with Crippen LogP contribution < -0.4 is 5.73 Å². The molecule has 2 aromatic rings. The van der Waals surface area contributed by atoms with Crippen molar-refractivity contribution < 1.29 is 4.79 Å². The van der Waals surface area contributed by atoms with Crippen LogP contribution in [0.15, 0.2) is 48.5 Å². The van der Waals surface area contributed by atoms with Crippen molar-refractivity contribution in [3.8, 4) is 0 Å². The number of anilines is 1. The Kier molecular flexibility index (Phi) is 3.24. The van der Waals surface area contributed by atoms with Gasteiger partial charge in [0.05, 0.1) is 0 Å². The highest BCUT2D eigenvalue weighted by molar-refractivity contribution is 6.10. The van der Waals surface area contributed by atoms with Gasteiger partial charge in [0.25, 0.3) is 0 Å². The van der Waals surface area contributed by atoms with Gasteiger partial charge in [-0.05, 0) is 18.1 Å². The van der Waals surface area contributed by atoms with Crippen molar-refractivity contribution in [1.29, 1.82) is 0 Å². The van der Waals surface area contributed by atoms with Crippen molar-refractivity contribution in [2.45, 2.75) is 13.3 Å². The summed E-state index contributed by atoms with van der Waals surface area (Å²) in [5, 5.41) is 0. The third-order valence-electron chi connectivity index (χ3n) is 2.85. The summed E-state index contributed by atoms with van der Waals surface area (Å²) in [6.07, 6.45) is 0.764. The van der Waals surface area contributed by atoms with Crippen LogP contribution in [0, 0.1) is 0 Å². The minimum absolute atomic E-state index is 0.0368. The fourth-order valence-corrected chi connectivity index (χ4v) is 1.96. The van der Waals surface area contributed by atoms with E-state index < -0.39 is 0 Å². The number of hydrogen-bond donors (Lipinski definition) is 1. The molecule has 0 aromatic heterocycles. The molecule has 0 amide bonds. The molecule has 0 radical (unpaired) electrons. The predicted molar refractivity (Wildman–Crippen MR) is 70.1 cm³/mol. The number of carbonyl (C=O) groups excluding carboxylic acids is 1. The van der Waals surface area contributed by atoms with Crippen LogP contribution in [-0.4, -0.2) is 5.78 Å². The molecule has 2 nitrogen and oxygen atoms in total. The molecule has 0 aliphatic rings. The van der Waals surface area contributed by atoms with Gasteiger partial charge in [-0.3, -0.25) is 4.79 Å². The van der Waals surface area contributed by atoms with Crippen LogP contribution in [0.5, 0.6) is 0 Å². The normalized spacial score (nSPS) is 10.2. The van der Waals surface area contributed by atoms with E-state index in [1.54, 1.807) is 0 Å². The van der Waals surface area contributed by atoms with Gasteiger partial charge in [-0.1, -0.05) is 49.4 Å². The summed E-state index contributed by atoms with van der Waals surface area (Å²) < 4.78 is 0. The summed E-state index contributed by atoms with van der Waals surface area (Å²) >= 11 is 0. The van der Waals surface area contributed by atoms with Crippen molar-refractivity contribution in [2.24, 2.45) is 0 Å². The maximum atomic E-state index is 12.3. The number of carbonyl (C=O) groups is 1. The Bertz CT molecular complexity index is 532. The van der Waals surface area contributed by atoms with Gasteiger partial charge in [0.2, 0.25) is 0 Å². The maximum absolute atomic E-state index is 12.3. The maximum Gasteiger partial charge on any atom is 0.193 e. The summed E-state index contributed by atoms with van der Waals surface area (Å²) in [4.78, 5) is 12.3. The lowest BCUT2D eigenvalue weighted by molar-refractivity contribution is 0.103. The average molecular weight is 225 g/mol. The number of nitrogens with two attached hydrogens (primary N) is 1. The SMILES string of the molecule is CCc1c(N)cccc1C(=O)c1ccccc1. The monoisotopic (exact) mass is 225 g/mol. The van der Waals surface area contributed by atoms with Crippen LogP contribution in [0.1, 0.15) is 28.4 Å². The number of hydrogen-bond acceptors (Lipinski definition) is 2. The van der Waals surface area contributed by atoms with Crippen LogP contribution in [0.4, 0.5) is 5.69 Å². The van der Waals surface area contributed by atoms with Gasteiger partial charge >= 0.3 is 0 Å². The average Bonchev–Trinajstić information content (AvgIpc) is 2.38. The lowest BCUT2D eigenvalue weighted by Gasteiger charge is -2.09. The Morgan fingerprint density at radius 3 is 2.41 bits per heavy atom. The molecular formula is C15H15NO. The molecular weight excluding hydrogens is 210 g/mol. The Hall–Kier alpha value is -2.09. The first-order valence-electron chi connectivity index (χ1n) is 5.71. The highest BCUT2D eigenvalue weighted by Crippen LogP contribution is 2.20. The molecule has 0 spiro atoms. The summed E-state index contributed by atoms with van der Waals surface area (Å²) in [6.45, 7) is 2.01. The topological polar surface area (TPSA) is 43.1 Å². The minimum atomic E-state index is 0.0368. The van der Waals surface area contributed by atoms with Crippen LogP contribution in [0.3, 0.4) is 0 Å². The quantitative estimate of drug-likeness (QED) is 0.644. The van der Waals surface area contributed by atoms with Crippen LogP contribution in [0.25, 0.3) is 0 Å². The molecule has 0 bridgehead atoms. The van der Waals surface area contributed by atoms with Gasteiger partial charge in [0, 0.05) is 16.8 Å². The van der Waals surface area contributed by atoms with Crippen LogP contribution in [0.2, 0.25) is 0 Å². The smallest absolute Gasteiger partial charge is 0.193 e. The highest BCUT2D eigenvalue weighted by Gasteiger charge is 2.13. The van der Waals surface area contributed by atoms with E-state index in [0.717, 1.165) is 12.0 Å². The van der Waals surface area contributed by atoms with Gasteiger partial charge < -0.3 is 5.73 Å². The zero-order valence-electron chi connectivity index (χ0n) is 9.81. The molecule has 17 heavy (non-hydrogen) atoms. The Labute approximate surface area is 101 Å². The molecule has 0 fully saturated rings. The Morgan fingerprint density at radius 2 is 1.76 bits per heavy atom. The van der Waals surface area contributed by atoms with Gasteiger partial charge in [-0.2, -0.15) is 0 Å². The Morgan fingerprint density at radius 1 is 1.06 bits per heavy atom. The lowest BCUT2D eigenvalue weighted by Crippen LogP contribution is -2.07. The van der Waals surface area contributed by atoms with Crippen LogP contribution in [-0.2, 0) is 6.42 Å². The molecule has 0 aliphatic heterocycles. The number of nitrogen functional groups attached to an aromatic ring is 1. The lowest BCUT2D eigenvalue weighted by atomic mass is 9.96. The third-order valence-corrected chi connectivity index (χ3v) is 2.85. The Balaban J connectivity index is 2.48. The van der Waals surface area contributed by atoms with E-state index in [1.807, 2.05) is 55.5 Å². The van der Waals surface area contributed by atoms with E-state index in [0.29, 0.717) is 16.8 Å².